The highest BCUT2D eigenvalue weighted by Gasteiger charge is 2.38. The molecule has 27 heavy (non-hydrogen) atoms. The number of rotatable bonds is 4. The number of thiophene rings is 1. The van der Waals surface area contributed by atoms with Crippen LogP contribution in [-0.2, 0) is 22.4 Å². The van der Waals surface area contributed by atoms with Gasteiger partial charge in [0.1, 0.15) is 11.3 Å². The molecule has 0 atom stereocenters. The van der Waals surface area contributed by atoms with Crippen molar-refractivity contribution in [3.63, 3.8) is 0 Å². The maximum Gasteiger partial charge on any atom is 0.252 e. The molecule has 140 valence electrons. The second-order valence-corrected chi connectivity index (χ2v) is 8.76. The summed E-state index contributed by atoms with van der Waals surface area (Å²) in [5.41, 5.74) is 3.55. The molecular weight excluding hydrogens is 362 g/mol. The molecule has 2 bridgehead atoms. The third kappa shape index (κ3) is 2.76. The lowest BCUT2D eigenvalue weighted by Gasteiger charge is -2.37. The summed E-state index contributed by atoms with van der Waals surface area (Å²) in [5, 5.41) is 7.92. The molecule has 6 rings (SSSR count). The Balaban J connectivity index is 1.54. The number of carbonyl (C=O) groups is 2. The van der Waals surface area contributed by atoms with Gasteiger partial charge in [-0.15, -0.1) is 11.3 Å². The molecule has 0 spiro atoms. The summed E-state index contributed by atoms with van der Waals surface area (Å²) in [6, 6.07) is 0. The molecule has 0 saturated heterocycles. The minimum Gasteiger partial charge on any atom is -0.342 e. The number of aldehydes is 1. The van der Waals surface area contributed by atoms with Gasteiger partial charge >= 0.3 is 0 Å². The van der Waals surface area contributed by atoms with Crippen molar-refractivity contribution in [3.8, 4) is 11.4 Å². The molecule has 1 N–H and O–H groups in total. The van der Waals surface area contributed by atoms with Crippen LogP contribution in [0.2, 0.25) is 0 Å². The Kier molecular flexibility index (Phi) is 4.19. The van der Waals surface area contributed by atoms with Crippen molar-refractivity contribution in [3.05, 3.63) is 28.0 Å². The number of hydrogen-bond acceptors (Lipinski definition) is 6. The number of aryl methyl sites for hydroxylation is 1. The van der Waals surface area contributed by atoms with Crippen molar-refractivity contribution in [2.45, 2.75) is 51.4 Å². The smallest absolute Gasteiger partial charge is 0.252 e. The van der Waals surface area contributed by atoms with Crippen molar-refractivity contribution in [1.82, 2.24) is 10.1 Å². The van der Waals surface area contributed by atoms with Gasteiger partial charge in [-0.1, -0.05) is 5.16 Å². The number of hydrogen-bond donors (Lipinski definition) is 1. The first-order valence-electron chi connectivity index (χ1n) is 9.68. The fourth-order valence-electron chi connectivity index (χ4n) is 4.97. The van der Waals surface area contributed by atoms with Crippen molar-refractivity contribution >= 4 is 28.5 Å². The molecule has 6 nitrogen and oxygen atoms in total. The predicted octanol–water partition coefficient (Wildman–Crippen LogP) is 3.93. The number of carbonyl (C=O) groups excluding carboxylic acids is 2. The first kappa shape index (κ1) is 16.9. The Morgan fingerprint density at radius 3 is 2.70 bits per heavy atom. The van der Waals surface area contributed by atoms with Crippen LogP contribution in [0, 0.1) is 11.8 Å². The van der Waals surface area contributed by atoms with Crippen molar-refractivity contribution in [2.24, 2.45) is 11.8 Å². The van der Waals surface area contributed by atoms with Gasteiger partial charge in [0.2, 0.25) is 12.2 Å². The fourth-order valence-corrected chi connectivity index (χ4v) is 6.25. The average molecular weight is 383 g/mol. The van der Waals surface area contributed by atoms with Gasteiger partial charge < -0.3 is 9.84 Å². The lowest BCUT2D eigenvalue weighted by Crippen LogP contribution is -2.33. The van der Waals surface area contributed by atoms with E-state index in [2.05, 4.69) is 15.5 Å². The Morgan fingerprint density at radius 1 is 1.19 bits per heavy atom. The molecular formula is C20H21N3O3S. The molecule has 2 aromatic rings. The lowest BCUT2D eigenvalue weighted by molar-refractivity contribution is -0.114. The number of aromatic nitrogens is 2. The summed E-state index contributed by atoms with van der Waals surface area (Å²) in [7, 11) is 0. The van der Waals surface area contributed by atoms with Crippen LogP contribution in [0.15, 0.2) is 22.1 Å². The quantitative estimate of drug-likeness (QED) is 0.809. The molecule has 4 aliphatic rings. The third-order valence-electron chi connectivity index (χ3n) is 6.24. The van der Waals surface area contributed by atoms with Crippen LogP contribution in [0.3, 0.4) is 0 Å². The number of amides is 1. The minimum absolute atomic E-state index is 0.130. The van der Waals surface area contributed by atoms with Gasteiger partial charge in [-0.25, -0.2) is 0 Å². The van der Waals surface area contributed by atoms with Gasteiger partial charge in [0, 0.05) is 16.0 Å². The van der Waals surface area contributed by atoms with Crippen LogP contribution in [0.1, 0.15) is 49.0 Å². The fraction of sp³-hybridized carbons (Fsp3) is 0.500. The molecule has 0 aliphatic heterocycles. The number of anilines is 1. The minimum atomic E-state index is -0.130. The number of nitrogens with one attached hydrogen (secondary N) is 1. The number of allylic oxidation sites excluding steroid dienone is 1. The third-order valence-corrected chi connectivity index (χ3v) is 7.45. The highest BCUT2D eigenvalue weighted by atomic mass is 32.1. The zero-order valence-corrected chi connectivity index (χ0v) is 15.8. The summed E-state index contributed by atoms with van der Waals surface area (Å²) < 4.78 is 4.96. The van der Waals surface area contributed by atoms with E-state index in [1.54, 1.807) is 11.3 Å². The predicted molar refractivity (Wildman–Crippen MR) is 101 cm³/mol. The highest BCUT2D eigenvalue weighted by molar-refractivity contribution is 7.17. The first-order chi connectivity index (χ1) is 13.3. The van der Waals surface area contributed by atoms with E-state index in [1.165, 1.54) is 16.8 Å². The normalized spacial score (nSPS) is 24.0. The Bertz CT molecular complexity index is 921. The van der Waals surface area contributed by atoms with E-state index in [4.69, 9.17) is 4.52 Å². The maximum atomic E-state index is 13.2. The topological polar surface area (TPSA) is 85.1 Å². The van der Waals surface area contributed by atoms with Crippen LogP contribution < -0.4 is 5.32 Å². The van der Waals surface area contributed by atoms with Crippen LogP contribution in [-0.4, -0.2) is 22.3 Å². The Morgan fingerprint density at radius 2 is 1.96 bits per heavy atom. The van der Waals surface area contributed by atoms with Crippen molar-refractivity contribution in [2.75, 3.05) is 5.32 Å². The van der Waals surface area contributed by atoms with Gasteiger partial charge in [-0.3, -0.25) is 9.59 Å². The standard InChI is InChI=1S/C20H21N3O3S/c24-9-14-11-5-7-12(8-6-11)16(14)19(25)22-20-17(18-21-10-26-23-18)13-3-1-2-4-15(13)27-20/h9-12H,1-8H2,(H,22,25). The first-order valence-corrected chi connectivity index (χ1v) is 10.5. The van der Waals surface area contributed by atoms with Crippen molar-refractivity contribution in [1.29, 1.82) is 0 Å². The van der Waals surface area contributed by atoms with Gasteiger partial charge in [0.05, 0.1) is 5.56 Å². The van der Waals surface area contributed by atoms with Gasteiger partial charge in [-0.2, -0.15) is 4.98 Å². The number of fused-ring (bicyclic) bond motifs is 3. The Hall–Kier alpha value is -2.28. The van der Waals surface area contributed by atoms with Gasteiger partial charge in [0.15, 0.2) is 0 Å². The van der Waals surface area contributed by atoms with E-state index in [0.29, 0.717) is 11.4 Å². The molecule has 0 unspecified atom stereocenters. The SMILES string of the molecule is O=CC1=C(C(=O)Nc2sc3c(c2-c2ncon2)CCCC3)C2CCC1CC2. The van der Waals surface area contributed by atoms with E-state index < -0.39 is 0 Å². The van der Waals surface area contributed by atoms with E-state index in [1.807, 2.05) is 0 Å². The molecule has 0 aromatic carbocycles. The van der Waals surface area contributed by atoms with E-state index >= 15 is 0 Å². The summed E-state index contributed by atoms with van der Waals surface area (Å²) in [5.74, 6) is 0.856. The van der Waals surface area contributed by atoms with Gasteiger partial charge in [-0.05, 0) is 68.8 Å². The molecule has 2 aromatic heterocycles. The lowest BCUT2D eigenvalue weighted by atomic mass is 9.67. The van der Waals surface area contributed by atoms with Gasteiger partial charge in [0.25, 0.3) is 5.91 Å². The van der Waals surface area contributed by atoms with E-state index in [9.17, 15) is 9.59 Å². The van der Waals surface area contributed by atoms with Crippen LogP contribution in [0.25, 0.3) is 11.4 Å². The molecule has 0 radical (unpaired) electrons. The second-order valence-electron chi connectivity index (χ2n) is 7.66. The zero-order valence-electron chi connectivity index (χ0n) is 15.0. The summed E-state index contributed by atoms with van der Waals surface area (Å²) >= 11 is 1.62. The summed E-state index contributed by atoms with van der Waals surface area (Å²) in [6.07, 6.45) is 10.6. The number of nitrogens with zero attached hydrogens (tertiary/aromatic N) is 2. The largest absolute Gasteiger partial charge is 0.342 e. The second kappa shape index (κ2) is 6.71. The van der Waals surface area contributed by atoms with Crippen molar-refractivity contribution < 1.29 is 14.1 Å². The monoisotopic (exact) mass is 383 g/mol. The molecule has 7 heteroatoms. The summed E-state index contributed by atoms with van der Waals surface area (Å²) in [6.45, 7) is 0. The van der Waals surface area contributed by atoms with E-state index in [0.717, 1.165) is 73.8 Å². The molecule has 1 amide bonds. The molecule has 4 aliphatic carbocycles. The van der Waals surface area contributed by atoms with E-state index in [-0.39, 0.29) is 17.7 Å². The van der Waals surface area contributed by atoms with Crippen LogP contribution in [0.4, 0.5) is 5.00 Å². The Labute approximate surface area is 161 Å². The summed E-state index contributed by atoms with van der Waals surface area (Å²) in [4.78, 5) is 30.4. The highest BCUT2D eigenvalue weighted by Crippen LogP contribution is 2.47. The van der Waals surface area contributed by atoms with Crippen LogP contribution in [0.5, 0.6) is 0 Å². The zero-order chi connectivity index (χ0) is 18.4. The average Bonchev–Trinajstić information content (AvgIpc) is 3.35. The molecule has 1 fully saturated rings. The molecule has 1 saturated carbocycles. The van der Waals surface area contributed by atoms with Crippen LogP contribution >= 0.6 is 11.3 Å². The maximum absolute atomic E-state index is 13.2. The molecule has 2 heterocycles.